The van der Waals surface area contributed by atoms with Crippen LogP contribution >= 0.6 is 11.8 Å². The number of ether oxygens (including phenoxy) is 1. The minimum atomic E-state index is -0.0211. The lowest BCUT2D eigenvalue weighted by atomic mass is 9.81. The first-order chi connectivity index (χ1) is 8.13. The van der Waals surface area contributed by atoms with Crippen molar-refractivity contribution < 1.29 is 9.84 Å². The first kappa shape index (κ1) is 12.9. The van der Waals surface area contributed by atoms with Gasteiger partial charge in [0.05, 0.1) is 19.8 Å². The number of benzene rings is 1. The summed E-state index contributed by atoms with van der Waals surface area (Å²) in [5, 5.41) is 10.0. The Labute approximate surface area is 107 Å². The highest BCUT2D eigenvalue weighted by Crippen LogP contribution is 2.32. The monoisotopic (exact) mass is 252 g/mol. The van der Waals surface area contributed by atoms with E-state index < -0.39 is 0 Å². The van der Waals surface area contributed by atoms with Gasteiger partial charge in [-0.2, -0.15) is 0 Å². The van der Waals surface area contributed by atoms with Crippen LogP contribution in [0.1, 0.15) is 19.4 Å². The van der Waals surface area contributed by atoms with Crippen LogP contribution in [0.4, 0.5) is 0 Å². The summed E-state index contributed by atoms with van der Waals surface area (Å²) in [6, 6.07) is 8.68. The maximum atomic E-state index is 9.39. The topological polar surface area (TPSA) is 29.5 Å². The molecule has 1 aromatic carbocycles. The molecule has 94 valence electrons. The molecule has 0 aromatic heterocycles. The molecule has 2 nitrogen and oxygen atoms in total. The van der Waals surface area contributed by atoms with Crippen molar-refractivity contribution in [2.24, 2.45) is 5.41 Å². The third-order valence-electron chi connectivity index (χ3n) is 3.03. The maximum absolute atomic E-state index is 9.39. The summed E-state index contributed by atoms with van der Waals surface area (Å²) < 4.78 is 5.21. The van der Waals surface area contributed by atoms with Crippen LogP contribution < -0.4 is 0 Å². The number of hydrogen-bond donors (Lipinski definition) is 1. The van der Waals surface area contributed by atoms with Gasteiger partial charge in [-0.25, -0.2) is 0 Å². The Morgan fingerprint density at radius 2 is 1.94 bits per heavy atom. The van der Waals surface area contributed by atoms with Crippen molar-refractivity contribution in [3.8, 4) is 0 Å². The van der Waals surface area contributed by atoms with Crippen molar-refractivity contribution in [1.82, 2.24) is 0 Å². The van der Waals surface area contributed by atoms with Gasteiger partial charge in [0.25, 0.3) is 0 Å². The van der Waals surface area contributed by atoms with Gasteiger partial charge in [0, 0.05) is 15.6 Å². The standard InChI is InChI=1S/C14H20O2S/c1-11(2)17-13-5-3-12(4-6-13)7-14(8-15)9-16-10-14/h3-6,11,15H,7-10H2,1-2H3. The van der Waals surface area contributed by atoms with Gasteiger partial charge in [0.2, 0.25) is 0 Å². The number of rotatable bonds is 5. The molecule has 2 rings (SSSR count). The molecule has 0 aliphatic carbocycles. The van der Waals surface area contributed by atoms with E-state index in [2.05, 4.69) is 38.1 Å². The van der Waals surface area contributed by atoms with Crippen LogP contribution in [0.5, 0.6) is 0 Å². The molecule has 0 amide bonds. The molecule has 3 heteroatoms. The summed E-state index contributed by atoms with van der Waals surface area (Å²) in [5.74, 6) is 0. The number of aliphatic hydroxyl groups is 1. The van der Waals surface area contributed by atoms with E-state index in [1.165, 1.54) is 10.5 Å². The fraction of sp³-hybridized carbons (Fsp3) is 0.571. The molecule has 1 aliphatic heterocycles. The van der Waals surface area contributed by atoms with E-state index in [0.29, 0.717) is 18.5 Å². The molecule has 1 fully saturated rings. The molecule has 1 aliphatic rings. The lowest BCUT2D eigenvalue weighted by Crippen LogP contribution is -2.47. The van der Waals surface area contributed by atoms with Crippen molar-refractivity contribution in [3.05, 3.63) is 29.8 Å². The van der Waals surface area contributed by atoms with Gasteiger partial charge in [-0.3, -0.25) is 0 Å². The molecular formula is C14H20O2S. The van der Waals surface area contributed by atoms with Gasteiger partial charge in [-0.15, -0.1) is 11.8 Å². The average molecular weight is 252 g/mol. The minimum Gasteiger partial charge on any atom is -0.396 e. The predicted octanol–water partition coefficient (Wildman–Crippen LogP) is 2.74. The zero-order chi connectivity index (χ0) is 12.3. The number of thioether (sulfide) groups is 1. The lowest BCUT2D eigenvalue weighted by molar-refractivity contribution is -0.136. The third-order valence-corrected chi connectivity index (χ3v) is 4.04. The first-order valence-electron chi connectivity index (χ1n) is 6.08. The summed E-state index contributed by atoms with van der Waals surface area (Å²) in [7, 11) is 0. The van der Waals surface area contributed by atoms with E-state index in [4.69, 9.17) is 4.74 Å². The third kappa shape index (κ3) is 3.24. The Balaban J connectivity index is 1.98. The van der Waals surface area contributed by atoms with Crippen molar-refractivity contribution in [3.63, 3.8) is 0 Å². The second-order valence-electron chi connectivity index (χ2n) is 5.14. The molecule has 0 radical (unpaired) electrons. The van der Waals surface area contributed by atoms with E-state index in [-0.39, 0.29) is 12.0 Å². The van der Waals surface area contributed by atoms with Crippen LogP contribution in [0.3, 0.4) is 0 Å². The van der Waals surface area contributed by atoms with Crippen molar-refractivity contribution in [1.29, 1.82) is 0 Å². The Bertz CT molecular complexity index is 349. The smallest absolute Gasteiger partial charge is 0.0570 e. The molecule has 0 unspecified atom stereocenters. The van der Waals surface area contributed by atoms with Crippen molar-refractivity contribution in [2.45, 2.75) is 30.4 Å². The van der Waals surface area contributed by atoms with Gasteiger partial charge in [0.15, 0.2) is 0 Å². The Morgan fingerprint density at radius 3 is 2.35 bits per heavy atom. The zero-order valence-electron chi connectivity index (χ0n) is 10.5. The number of hydrogen-bond acceptors (Lipinski definition) is 3. The van der Waals surface area contributed by atoms with Crippen LogP contribution in [-0.4, -0.2) is 30.2 Å². The van der Waals surface area contributed by atoms with Gasteiger partial charge < -0.3 is 9.84 Å². The normalized spacial score (nSPS) is 18.1. The van der Waals surface area contributed by atoms with Gasteiger partial charge in [-0.05, 0) is 24.1 Å². The maximum Gasteiger partial charge on any atom is 0.0570 e. The van der Waals surface area contributed by atoms with Crippen LogP contribution in [-0.2, 0) is 11.2 Å². The van der Waals surface area contributed by atoms with Gasteiger partial charge >= 0.3 is 0 Å². The molecule has 1 heterocycles. The fourth-order valence-electron chi connectivity index (χ4n) is 2.03. The molecule has 1 saturated heterocycles. The predicted molar refractivity (Wildman–Crippen MR) is 71.5 cm³/mol. The largest absolute Gasteiger partial charge is 0.396 e. The average Bonchev–Trinajstić information content (AvgIpc) is 2.25. The van der Waals surface area contributed by atoms with Gasteiger partial charge in [-0.1, -0.05) is 26.0 Å². The molecule has 0 saturated carbocycles. The van der Waals surface area contributed by atoms with E-state index in [9.17, 15) is 5.11 Å². The quantitative estimate of drug-likeness (QED) is 0.817. The SMILES string of the molecule is CC(C)Sc1ccc(CC2(CO)COC2)cc1. The second kappa shape index (κ2) is 5.42. The number of aliphatic hydroxyl groups excluding tert-OH is 1. The van der Waals surface area contributed by atoms with Gasteiger partial charge in [0.1, 0.15) is 0 Å². The first-order valence-corrected chi connectivity index (χ1v) is 6.96. The van der Waals surface area contributed by atoms with Crippen LogP contribution in [0, 0.1) is 5.41 Å². The van der Waals surface area contributed by atoms with E-state index in [0.717, 1.165) is 6.42 Å². The molecule has 0 atom stereocenters. The lowest BCUT2D eigenvalue weighted by Gasteiger charge is -2.40. The Kier molecular flexibility index (Phi) is 4.13. The Morgan fingerprint density at radius 1 is 1.29 bits per heavy atom. The molecule has 1 aromatic rings. The summed E-state index contributed by atoms with van der Waals surface area (Å²) in [5.41, 5.74) is 1.27. The molecule has 0 bridgehead atoms. The highest BCUT2D eigenvalue weighted by molar-refractivity contribution is 7.99. The van der Waals surface area contributed by atoms with Crippen LogP contribution in [0.2, 0.25) is 0 Å². The molecular weight excluding hydrogens is 232 g/mol. The summed E-state index contributed by atoms with van der Waals surface area (Å²) in [4.78, 5) is 1.31. The van der Waals surface area contributed by atoms with Crippen molar-refractivity contribution >= 4 is 11.8 Å². The summed E-state index contributed by atoms with van der Waals surface area (Å²) in [6.07, 6.45) is 0.913. The van der Waals surface area contributed by atoms with E-state index in [1.807, 2.05) is 11.8 Å². The molecule has 1 N–H and O–H groups in total. The molecule has 17 heavy (non-hydrogen) atoms. The highest BCUT2D eigenvalue weighted by Gasteiger charge is 2.37. The van der Waals surface area contributed by atoms with Crippen LogP contribution in [0.15, 0.2) is 29.2 Å². The zero-order valence-corrected chi connectivity index (χ0v) is 11.3. The minimum absolute atomic E-state index is 0.0211. The van der Waals surface area contributed by atoms with E-state index in [1.54, 1.807) is 0 Å². The molecule has 0 spiro atoms. The summed E-state index contributed by atoms with van der Waals surface area (Å²) >= 11 is 1.88. The van der Waals surface area contributed by atoms with Crippen LogP contribution in [0.25, 0.3) is 0 Å². The fourth-order valence-corrected chi connectivity index (χ4v) is 2.87. The van der Waals surface area contributed by atoms with E-state index >= 15 is 0 Å². The van der Waals surface area contributed by atoms with Crippen molar-refractivity contribution in [2.75, 3.05) is 19.8 Å². The second-order valence-corrected chi connectivity index (χ2v) is 6.79. The highest BCUT2D eigenvalue weighted by atomic mass is 32.2. The summed E-state index contributed by atoms with van der Waals surface area (Å²) in [6.45, 7) is 5.99. The Hall–Kier alpha value is -0.510.